The van der Waals surface area contributed by atoms with Crippen molar-refractivity contribution in [3.05, 3.63) is 23.8 Å². The number of amides is 1. The summed E-state index contributed by atoms with van der Waals surface area (Å²) in [5.41, 5.74) is 0.889. The van der Waals surface area contributed by atoms with E-state index in [1.165, 1.54) is 13.2 Å². The highest BCUT2D eigenvalue weighted by molar-refractivity contribution is 5.76. The van der Waals surface area contributed by atoms with Crippen LogP contribution < -0.4 is 10.1 Å². The molecular formula is C14H19NO5. The molecule has 3 N–H and O–H groups in total. The van der Waals surface area contributed by atoms with Gasteiger partial charge in [0.1, 0.15) is 0 Å². The maximum absolute atomic E-state index is 11.5. The first-order valence-corrected chi connectivity index (χ1v) is 6.37. The molecule has 0 saturated heterocycles. The number of carbonyl (C=O) groups excluding carboxylic acids is 1. The number of carboxylic acids is 1. The zero-order chi connectivity index (χ0) is 15.0. The van der Waals surface area contributed by atoms with E-state index in [-0.39, 0.29) is 18.1 Å². The molecule has 6 nitrogen and oxygen atoms in total. The zero-order valence-electron chi connectivity index (χ0n) is 11.4. The van der Waals surface area contributed by atoms with Gasteiger partial charge in [-0.05, 0) is 30.5 Å². The lowest BCUT2D eigenvalue weighted by Gasteiger charge is -2.07. The molecule has 110 valence electrons. The van der Waals surface area contributed by atoms with Crippen molar-refractivity contribution in [1.82, 2.24) is 5.32 Å². The first-order chi connectivity index (χ1) is 9.52. The molecule has 0 radical (unpaired) electrons. The molecule has 0 aliphatic carbocycles. The Kier molecular flexibility index (Phi) is 6.36. The number of rotatable bonds is 8. The Hall–Kier alpha value is -2.24. The fourth-order valence-corrected chi connectivity index (χ4v) is 1.69. The second-order valence-electron chi connectivity index (χ2n) is 4.35. The lowest BCUT2D eigenvalue weighted by Crippen LogP contribution is -2.25. The number of methoxy groups -OCH3 is 1. The molecule has 0 atom stereocenters. The van der Waals surface area contributed by atoms with Crippen LogP contribution in [0.15, 0.2) is 18.2 Å². The maximum Gasteiger partial charge on any atom is 0.303 e. The van der Waals surface area contributed by atoms with Crippen LogP contribution in [0.3, 0.4) is 0 Å². The molecule has 0 aromatic heterocycles. The Morgan fingerprint density at radius 2 is 2.05 bits per heavy atom. The standard InChI is InChI=1S/C14H19NO5/c1-20-12-9-10(4-6-11(12)16)5-7-13(17)15-8-2-3-14(18)19/h4,6,9,16H,2-3,5,7-8H2,1H3,(H,15,17)(H,18,19). The van der Waals surface area contributed by atoms with Gasteiger partial charge in [-0.3, -0.25) is 9.59 Å². The van der Waals surface area contributed by atoms with Crippen LogP contribution in [0.1, 0.15) is 24.8 Å². The Balaban J connectivity index is 2.32. The van der Waals surface area contributed by atoms with Gasteiger partial charge in [0.05, 0.1) is 7.11 Å². The molecule has 20 heavy (non-hydrogen) atoms. The van der Waals surface area contributed by atoms with Crippen molar-refractivity contribution in [2.24, 2.45) is 0 Å². The molecular weight excluding hydrogens is 262 g/mol. The summed E-state index contributed by atoms with van der Waals surface area (Å²) in [7, 11) is 1.47. The summed E-state index contributed by atoms with van der Waals surface area (Å²) in [5, 5.41) is 20.6. The molecule has 0 aliphatic heterocycles. The predicted molar refractivity (Wildman–Crippen MR) is 72.9 cm³/mol. The molecule has 6 heteroatoms. The van der Waals surface area contributed by atoms with Crippen molar-refractivity contribution in [2.75, 3.05) is 13.7 Å². The van der Waals surface area contributed by atoms with Crippen LogP contribution in [0, 0.1) is 0 Å². The number of ether oxygens (including phenoxy) is 1. The SMILES string of the molecule is COc1cc(CCC(=O)NCCCC(=O)O)ccc1O. The van der Waals surface area contributed by atoms with Crippen molar-refractivity contribution in [1.29, 1.82) is 0 Å². The highest BCUT2D eigenvalue weighted by Gasteiger charge is 2.06. The summed E-state index contributed by atoms with van der Waals surface area (Å²) in [6.45, 7) is 0.365. The first kappa shape index (κ1) is 15.8. The maximum atomic E-state index is 11.5. The third-order valence-corrected chi connectivity index (χ3v) is 2.77. The van der Waals surface area contributed by atoms with Gasteiger partial charge in [0.2, 0.25) is 5.91 Å². The number of carboxylic acid groups (broad SMARTS) is 1. The highest BCUT2D eigenvalue weighted by Crippen LogP contribution is 2.26. The summed E-state index contributed by atoms with van der Waals surface area (Å²) < 4.78 is 4.99. The lowest BCUT2D eigenvalue weighted by atomic mass is 10.1. The minimum atomic E-state index is -0.865. The number of phenolic OH excluding ortho intramolecular Hbond substituents is 1. The summed E-state index contributed by atoms with van der Waals surface area (Å²) in [6.07, 6.45) is 1.31. The van der Waals surface area contributed by atoms with Crippen LogP contribution in [0.5, 0.6) is 11.5 Å². The molecule has 0 fully saturated rings. The Morgan fingerprint density at radius 1 is 1.30 bits per heavy atom. The molecule has 1 aromatic rings. The van der Waals surface area contributed by atoms with E-state index in [1.807, 2.05) is 0 Å². The molecule has 0 bridgehead atoms. The summed E-state index contributed by atoms with van der Waals surface area (Å²) in [5.74, 6) is -0.545. The number of hydrogen-bond acceptors (Lipinski definition) is 4. The van der Waals surface area contributed by atoms with Gasteiger partial charge >= 0.3 is 5.97 Å². The van der Waals surface area contributed by atoms with E-state index in [2.05, 4.69) is 5.32 Å². The van der Waals surface area contributed by atoms with Crippen molar-refractivity contribution < 1.29 is 24.5 Å². The molecule has 0 heterocycles. The second kappa shape index (κ2) is 8.04. The van der Waals surface area contributed by atoms with Crippen LogP contribution in [0.4, 0.5) is 0 Å². The minimum absolute atomic E-state index is 0.0510. The van der Waals surface area contributed by atoms with Gasteiger partial charge in [-0.15, -0.1) is 0 Å². The topological polar surface area (TPSA) is 95.9 Å². The number of nitrogens with one attached hydrogen (secondary N) is 1. The van der Waals surface area contributed by atoms with E-state index in [0.29, 0.717) is 31.6 Å². The normalized spacial score (nSPS) is 10.1. The lowest BCUT2D eigenvalue weighted by molar-refractivity contribution is -0.137. The quantitative estimate of drug-likeness (QED) is 0.624. The van der Waals surface area contributed by atoms with E-state index in [9.17, 15) is 14.7 Å². The van der Waals surface area contributed by atoms with Gasteiger partial charge in [0.25, 0.3) is 0 Å². The van der Waals surface area contributed by atoms with Crippen LogP contribution in [0.2, 0.25) is 0 Å². The van der Waals surface area contributed by atoms with Gasteiger partial charge in [-0.2, -0.15) is 0 Å². The van der Waals surface area contributed by atoms with Crippen LogP contribution in [-0.2, 0) is 16.0 Å². The number of phenols is 1. The van der Waals surface area contributed by atoms with Gasteiger partial charge in [0.15, 0.2) is 11.5 Å². The van der Waals surface area contributed by atoms with Crippen molar-refractivity contribution >= 4 is 11.9 Å². The van der Waals surface area contributed by atoms with E-state index in [0.717, 1.165) is 5.56 Å². The third-order valence-electron chi connectivity index (χ3n) is 2.77. The number of carbonyl (C=O) groups is 2. The van der Waals surface area contributed by atoms with Crippen molar-refractivity contribution in [3.8, 4) is 11.5 Å². The molecule has 0 spiro atoms. The van der Waals surface area contributed by atoms with E-state index in [1.54, 1.807) is 12.1 Å². The molecule has 0 unspecified atom stereocenters. The van der Waals surface area contributed by atoms with Crippen LogP contribution in [-0.4, -0.2) is 35.7 Å². The molecule has 0 saturated carbocycles. The number of aryl methyl sites for hydroxylation is 1. The highest BCUT2D eigenvalue weighted by atomic mass is 16.5. The monoisotopic (exact) mass is 281 g/mol. The Bertz CT molecular complexity index is 473. The summed E-state index contributed by atoms with van der Waals surface area (Å²) in [4.78, 5) is 21.8. The molecule has 1 rings (SSSR count). The van der Waals surface area contributed by atoms with E-state index in [4.69, 9.17) is 9.84 Å². The average Bonchev–Trinajstić information content (AvgIpc) is 2.42. The fourth-order valence-electron chi connectivity index (χ4n) is 1.69. The van der Waals surface area contributed by atoms with Crippen LogP contribution >= 0.6 is 0 Å². The van der Waals surface area contributed by atoms with Crippen molar-refractivity contribution in [3.63, 3.8) is 0 Å². The van der Waals surface area contributed by atoms with Gasteiger partial charge in [0, 0.05) is 19.4 Å². The fraction of sp³-hybridized carbons (Fsp3) is 0.429. The van der Waals surface area contributed by atoms with E-state index < -0.39 is 5.97 Å². The van der Waals surface area contributed by atoms with Crippen LogP contribution in [0.25, 0.3) is 0 Å². The van der Waals surface area contributed by atoms with Gasteiger partial charge < -0.3 is 20.3 Å². The van der Waals surface area contributed by atoms with Gasteiger partial charge in [-0.25, -0.2) is 0 Å². The largest absolute Gasteiger partial charge is 0.504 e. The number of aromatic hydroxyl groups is 1. The van der Waals surface area contributed by atoms with Crippen molar-refractivity contribution in [2.45, 2.75) is 25.7 Å². The molecule has 1 amide bonds. The first-order valence-electron chi connectivity index (χ1n) is 6.37. The zero-order valence-corrected chi connectivity index (χ0v) is 11.4. The Labute approximate surface area is 117 Å². The Morgan fingerprint density at radius 3 is 2.70 bits per heavy atom. The minimum Gasteiger partial charge on any atom is -0.504 e. The summed E-state index contributed by atoms with van der Waals surface area (Å²) >= 11 is 0. The average molecular weight is 281 g/mol. The third kappa shape index (κ3) is 5.60. The second-order valence-corrected chi connectivity index (χ2v) is 4.35. The van der Waals surface area contributed by atoms with Gasteiger partial charge in [-0.1, -0.05) is 6.07 Å². The molecule has 1 aromatic carbocycles. The summed E-state index contributed by atoms with van der Waals surface area (Å²) in [6, 6.07) is 4.95. The number of aliphatic carboxylic acids is 1. The number of benzene rings is 1. The smallest absolute Gasteiger partial charge is 0.303 e. The molecule has 0 aliphatic rings. The van der Waals surface area contributed by atoms with E-state index >= 15 is 0 Å². The number of hydrogen-bond donors (Lipinski definition) is 3. The predicted octanol–water partition coefficient (Wildman–Crippen LogP) is 1.31.